The monoisotopic (exact) mass is 466 g/mol. The minimum atomic E-state index is -3.69. The number of methoxy groups -OCH3 is 1. The molecule has 2 aromatic carbocycles. The van der Waals surface area contributed by atoms with E-state index in [1.165, 1.54) is 17.0 Å². The van der Waals surface area contributed by atoms with Crippen molar-refractivity contribution < 1.29 is 22.1 Å². The molecular weight excluding hydrogens is 444 g/mol. The first kappa shape index (κ1) is 22.3. The highest BCUT2D eigenvalue weighted by atomic mass is 32.2. The smallest absolute Gasteiger partial charge is 0.306 e. The number of carbonyl (C=O) groups is 1. The van der Waals surface area contributed by atoms with Crippen LogP contribution in [0.1, 0.15) is 11.1 Å². The second-order valence-electron chi connectivity index (χ2n) is 7.52. The number of hydrogen-bond acceptors (Lipinski definition) is 8. The number of aromatic nitrogens is 1. The van der Waals surface area contributed by atoms with Crippen LogP contribution >= 0.6 is 0 Å². The largest absolute Gasteiger partial charge is 0.497 e. The second-order valence-corrected chi connectivity index (χ2v) is 9.09. The summed E-state index contributed by atoms with van der Waals surface area (Å²) in [7, 11) is -0.555. The molecule has 0 saturated carbocycles. The van der Waals surface area contributed by atoms with E-state index in [1.807, 2.05) is 24.3 Å². The summed E-state index contributed by atoms with van der Waals surface area (Å²) in [5.41, 5.74) is 7.07. The van der Waals surface area contributed by atoms with E-state index in [9.17, 15) is 13.2 Å². The standard InChI is InChI=1S/C23H22N4O5S/c1-27-21(28)23(26-22(27)24,16-7-9-18(10-8-16)32-33(3,29)30)17-11-12-25-20(14-17)15-5-4-6-19(13-15)31-2/h4-14H,1-3H3,(H2,24,26). The van der Waals surface area contributed by atoms with Crippen LogP contribution in [0, 0.1) is 0 Å². The zero-order valence-electron chi connectivity index (χ0n) is 18.2. The molecule has 2 N–H and O–H groups in total. The Morgan fingerprint density at radius 3 is 2.33 bits per heavy atom. The van der Waals surface area contributed by atoms with Crippen LogP contribution in [0.4, 0.5) is 0 Å². The number of aliphatic imine (C=N–C) groups is 1. The highest BCUT2D eigenvalue weighted by Crippen LogP contribution is 2.40. The average Bonchev–Trinajstić information content (AvgIpc) is 3.03. The van der Waals surface area contributed by atoms with E-state index >= 15 is 0 Å². The Labute approximate surface area is 191 Å². The summed E-state index contributed by atoms with van der Waals surface area (Å²) in [6.07, 6.45) is 2.56. The van der Waals surface area contributed by atoms with E-state index in [1.54, 1.807) is 44.6 Å². The van der Waals surface area contributed by atoms with Crippen molar-refractivity contribution in [3.63, 3.8) is 0 Å². The Hall–Kier alpha value is -3.92. The van der Waals surface area contributed by atoms with Gasteiger partial charge in [0, 0.05) is 18.8 Å². The highest BCUT2D eigenvalue weighted by Gasteiger charge is 2.49. The fourth-order valence-corrected chi connectivity index (χ4v) is 4.17. The van der Waals surface area contributed by atoms with Gasteiger partial charge in [-0.2, -0.15) is 8.42 Å². The number of nitrogens with zero attached hydrogens (tertiary/aromatic N) is 3. The molecule has 3 aromatic rings. The lowest BCUT2D eigenvalue weighted by Crippen LogP contribution is -2.41. The number of nitrogens with two attached hydrogens (primary N) is 1. The summed E-state index contributed by atoms with van der Waals surface area (Å²) in [6, 6.07) is 17.0. The van der Waals surface area contributed by atoms with E-state index < -0.39 is 15.7 Å². The molecule has 1 aromatic heterocycles. The molecule has 2 heterocycles. The maximum absolute atomic E-state index is 13.5. The SMILES string of the molecule is COc1cccc(-c2cc(C3(c4ccc(OS(C)(=O)=O)cc4)N=C(N)N(C)C3=O)ccn2)c1. The number of likely N-dealkylation sites (N-methyl/N-ethyl adjacent to an activating group) is 1. The van der Waals surface area contributed by atoms with Gasteiger partial charge in [-0.15, -0.1) is 0 Å². The summed E-state index contributed by atoms with van der Waals surface area (Å²) in [5.74, 6) is 0.518. The minimum absolute atomic E-state index is 0.0659. The zero-order chi connectivity index (χ0) is 23.8. The predicted octanol–water partition coefficient (Wildman–Crippen LogP) is 2.13. The summed E-state index contributed by atoms with van der Waals surface area (Å²) in [5, 5.41) is 0. The van der Waals surface area contributed by atoms with Crippen LogP contribution in [0.5, 0.6) is 11.5 Å². The van der Waals surface area contributed by atoms with Gasteiger partial charge in [-0.3, -0.25) is 14.7 Å². The highest BCUT2D eigenvalue weighted by molar-refractivity contribution is 7.86. The number of rotatable bonds is 6. The molecule has 0 aliphatic carbocycles. The van der Waals surface area contributed by atoms with Gasteiger partial charge >= 0.3 is 10.1 Å². The van der Waals surface area contributed by atoms with E-state index in [4.69, 9.17) is 14.7 Å². The van der Waals surface area contributed by atoms with Gasteiger partial charge in [0.1, 0.15) is 11.5 Å². The third kappa shape index (κ3) is 4.12. The lowest BCUT2D eigenvalue weighted by atomic mass is 9.82. The molecule has 4 rings (SSSR count). The van der Waals surface area contributed by atoms with Gasteiger partial charge in [-0.25, -0.2) is 4.99 Å². The third-order valence-corrected chi connectivity index (χ3v) is 5.80. The van der Waals surface area contributed by atoms with Crippen LogP contribution in [-0.2, 0) is 20.5 Å². The summed E-state index contributed by atoms with van der Waals surface area (Å²) >= 11 is 0. The van der Waals surface area contributed by atoms with E-state index in [2.05, 4.69) is 9.98 Å². The number of benzene rings is 2. The molecule has 1 aliphatic heterocycles. The normalized spacial score (nSPS) is 18.2. The summed E-state index contributed by atoms with van der Waals surface area (Å²) in [6.45, 7) is 0. The van der Waals surface area contributed by atoms with Crippen LogP contribution in [0.25, 0.3) is 11.3 Å². The fraction of sp³-hybridized carbons (Fsp3) is 0.174. The van der Waals surface area contributed by atoms with Gasteiger partial charge in [0.05, 0.1) is 19.1 Å². The maximum Gasteiger partial charge on any atom is 0.306 e. The van der Waals surface area contributed by atoms with Crippen LogP contribution in [0.2, 0.25) is 0 Å². The summed E-state index contributed by atoms with van der Waals surface area (Å²) in [4.78, 5) is 23.8. The van der Waals surface area contributed by atoms with Crippen LogP contribution in [0.15, 0.2) is 71.9 Å². The number of carbonyl (C=O) groups excluding carboxylic acids is 1. The van der Waals surface area contributed by atoms with E-state index in [0.717, 1.165) is 11.8 Å². The van der Waals surface area contributed by atoms with Crippen molar-refractivity contribution in [3.8, 4) is 22.8 Å². The molecule has 1 aliphatic rings. The Morgan fingerprint density at radius 2 is 1.73 bits per heavy atom. The molecule has 170 valence electrons. The zero-order valence-corrected chi connectivity index (χ0v) is 19.0. The van der Waals surface area contributed by atoms with Gasteiger partial charge in [-0.05, 0) is 47.5 Å². The topological polar surface area (TPSA) is 124 Å². The molecule has 0 spiro atoms. The molecule has 0 bridgehead atoms. The van der Waals surface area contributed by atoms with Crippen LogP contribution in [-0.4, -0.2) is 50.6 Å². The molecule has 1 unspecified atom stereocenters. The number of amides is 1. The van der Waals surface area contributed by atoms with E-state index in [0.29, 0.717) is 22.6 Å². The lowest BCUT2D eigenvalue weighted by molar-refractivity contribution is -0.129. The van der Waals surface area contributed by atoms with Gasteiger partial charge in [0.2, 0.25) is 0 Å². The van der Waals surface area contributed by atoms with Crippen LogP contribution in [0.3, 0.4) is 0 Å². The Balaban J connectivity index is 1.85. The first-order valence-electron chi connectivity index (χ1n) is 9.88. The Kier molecular flexibility index (Phi) is 5.54. The number of hydrogen-bond donors (Lipinski definition) is 1. The molecule has 1 amide bonds. The average molecular weight is 467 g/mol. The van der Waals surface area contributed by atoms with Crippen molar-refractivity contribution >= 4 is 22.0 Å². The van der Waals surface area contributed by atoms with Crippen molar-refractivity contribution in [1.82, 2.24) is 9.88 Å². The fourth-order valence-electron chi connectivity index (χ4n) is 3.71. The molecular formula is C23H22N4O5S. The first-order valence-corrected chi connectivity index (χ1v) is 11.7. The molecule has 33 heavy (non-hydrogen) atoms. The van der Waals surface area contributed by atoms with Crippen molar-refractivity contribution in [2.45, 2.75) is 5.54 Å². The Bertz CT molecular complexity index is 1360. The van der Waals surface area contributed by atoms with Crippen LogP contribution < -0.4 is 14.7 Å². The first-order chi connectivity index (χ1) is 15.6. The summed E-state index contributed by atoms with van der Waals surface area (Å²) < 4.78 is 33.1. The number of ether oxygens (including phenoxy) is 1. The molecule has 9 nitrogen and oxygen atoms in total. The number of guanidine groups is 1. The number of pyridine rings is 1. The molecule has 0 saturated heterocycles. The molecule has 0 fully saturated rings. The third-order valence-electron chi connectivity index (χ3n) is 5.30. The van der Waals surface area contributed by atoms with Gasteiger partial charge in [0.15, 0.2) is 11.5 Å². The Morgan fingerprint density at radius 1 is 1.00 bits per heavy atom. The maximum atomic E-state index is 13.5. The van der Waals surface area contributed by atoms with Crippen molar-refractivity contribution in [1.29, 1.82) is 0 Å². The minimum Gasteiger partial charge on any atom is -0.497 e. The predicted molar refractivity (Wildman–Crippen MR) is 123 cm³/mol. The molecule has 0 radical (unpaired) electrons. The second kappa shape index (κ2) is 8.21. The van der Waals surface area contributed by atoms with Gasteiger partial charge in [0.25, 0.3) is 5.91 Å². The van der Waals surface area contributed by atoms with Crippen molar-refractivity contribution in [3.05, 3.63) is 78.0 Å². The van der Waals surface area contributed by atoms with Gasteiger partial charge < -0.3 is 14.7 Å². The van der Waals surface area contributed by atoms with Crippen molar-refractivity contribution in [2.75, 3.05) is 20.4 Å². The molecule has 10 heteroatoms. The van der Waals surface area contributed by atoms with Crippen molar-refractivity contribution in [2.24, 2.45) is 10.7 Å². The lowest BCUT2D eigenvalue weighted by Gasteiger charge is -2.26. The van der Waals surface area contributed by atoms with E-state index in [-0.39, 0.29) is 17.6 Å². The molecule has 1 atom stereocenters. The quantitative estimate of drug-likeness (QED) is 0.552. The van der Waals surface area contributed by atoms with Gasteiger partial charge in [-0.1, -0.05) is 24.3 Å².